The van der Waals surface area contributed by atoms with Crippen LogP contribution in [0.15, 0.2) is 24.3 Å². The molecule has 3 nitrogen and oxygen atoms in total. The van der Waals surface area contributed by atoms with Crippen LogP contribution in [-0.4, -0.2) is 19.7 Å². The van der Waals surface area contributed by atoms with Gasteiger partial charge in [-0.1, -0.05) is 6.07 Å². The number of carbonyl (C=O) groups is 1. The molecule has 0 radical (unpaired) electrons. The molecule has 0 spiro atoms. The molecule has 0 aliphatic carbocycles. The summed E-state index contributed by atoms with van der Waals surface area (Å²) in [7, 11) is 1.62. The molecule has 0 bridgehead atoms. The second-order valence-electron chi connectivity index (χ2n) is 3.37. The molecule has 0 saturated carbocycles. The Morgan fingerprint density at radius 2 is 2.12 bits per heavy atom. The molecule has 1 rings (SSSR count). The predicted octanol–water partition coefficient (Wildman–Crippen LogP) is 2.58. The molecular weight excluding hydrogens is 204 g/mol. The standard InChI is InChI=1S/C13H16O3/c1-4-16-13(14)6-5-11-7-10(2)8-12(9-11)15-3/h5-9H,4H2,1-3H3/b6-5+. The minimum atomic E-state index is -0.331. The zero-order chi connectivity index (χ0) is 12.0. The summed E-state index contributed by atoms with van der Waals surface area (Å²) in [4.78, 5) is 11.1. The Bertz CT molecular complexity index is 394. The van der Waals surface area contributed by atoms with E-state index < -0.39 is 0 Å². The van der Waals surface area contributed by atoms with Crippen LogP contribution < -0.4 is 4.74 Å². The van der Waals surface area contributed by atoms with Crippen molar-refractivity contribution in [1.82, 2.24) is 0 Å². The zero-order valence-corrected chi connectivity index (χ0v) is 9.82. The van der Waals surface area contributed by atoms with Crippen LogP contribution in [0.2, 0.25) is 0 Å². The van der Waals surface area contributed by atoms with Crippen molar-refractivity contribution in [2.75, 3.05) is 13.7 Å². The maximum absolute atomic E-state index is 11.1. The quantitative estimate of drug-likeness (QED) is 0.578. The van der Waals surface area contributed by atoms with E-state index in [4.69, 9.17) is 9.47 Å². The van der Waals surface area contributed by atoms with Gasteiger partial charge in [0.15, 0.2) is 0 Å². The first-order chi connectivity index (χ1) is 7.65. The highest BCUT2D eigenvalue weighted by atomic mass is 16.5. The Labute approximate surface area is 95.7 Å². The summed E-state index contributed by atoms with van der Waals surface area (Å²) >= 11 is 0. The molecule has 0 saturated heterocycles. The van der Waals surface area contributed by atoms with E-state index in [0.29, 0.717) is 6.61 Å². The van der Waals surface area contributed by atoms with Crippen LogP contribution in [0.1, 0.15) is 18.1 Å². The second kappa shape index (κ2) is 5.95. The molecule has 0 aromatic heterocycles. The van der Waals surface area contributed by atoms with Gasteiger partial charge < -0.3 is 9.47 Å². The van der Waals surface area contributed by atoms with Crippen molar-refractivity contribution in [3.05, 3.63) is 35.4 Å². The summed E-state index contributed by atoms with van der Waals surface area (Å²) in [6.07, 6.45) is 3.13. The number of rotatable bonds is 4. The summed E-state index contributed by atoms with van der Waals surface area (Å²) in [5, 5.41) is 0. The van der Waals surface area contributed by atoms with Gasteiger partial charge in [0, 0.05) is 6.08 Å². The first-order valence-electron chi connectivity index (χ1n) is 5.16. The van der Waals surface area contributed by atoms with E-state index in [9.17, 15) is 4.79 Å². The molecule has 0 fully saturated rings. The average molecular weight is 220 g/mol. The van der Waals surface area contributed by atoms with Crippen LogP contribution in [0.4, 0.5) is 0 Å². The van der Waals surface area contributed by atoms with Crippen LogP contribution in [0.3, 0.4) is 0 Å². The van der Waals surface area contributed by atoms with Gasteiger partial charge in [0.05, 0.1) is 13.7 Å². The van der Waals surface area contributed by atoms with Crippen LogP contribution >= 0.6 is 0 Å². The third-order valence-electron chi connectivity index (χ3n) is 2.01. The zero-order valence-electron chi connectivity index (χ0n) is 9.82. The van der Waals surface area contributed by atoms with Crippen molar-refractivity contribution in [2.45, 2.75) is 13.8 Å². The average Bonchev–Trinajstić information content (AvgIpc) is 2.26. The van der Waals surface area contributed by atoms with Crippen LogP contribution in [0, 0.1) is 6.92 Å². The molecule has 0 aliphatic rings. The van der Waals surface area contributed by atoms with Gasteiger partial charge in [-0.3, -0.25) is 0 Å². The Balaban J connectivity index is 2.80. The van der Waals surface area contributed by atoms with E-state index in [1.165, 1.54) is 6.08 Å². The molecule has 86 valence electrons. The van der Waals surface area contributed by atoms with Gasteiger partial charge in [-0.15, -0.1) is 0 Å². The smallest absolute Gasteiger partial charge is 0.330 e. The minimum Gasteiger partial charge on any atom is -0.497 e. The van der Waals surface area contributed by atoms with E-state index in [2.05, 4.69) is 0 Å². The summed E-state index contributed by atoms with van der Waals surface area (Å²) in [5.74, 6) is 0.450. The Morgan fingerprint density at radius 1 is 1.38 bits per heavy atom. The third kappa shape index (κ3) is 3.77. The van der Waals surface area contributed by atoms with Crippen molar-refractivity contribution >= 4 is 12.0 Å². The number of esters is 1. The molecule has 0 atom stereocenters. The number of hydrogen-bond acceptors (Lipinski definition) is 3. The summed E-state index contributed by atoms with van der Waals surface area (Å²) in [6.45, 7) is 4.14. The monoisotopic (exact) mass is 220 g/mol. The Kier molecular flexibility index (Phi) is 4.58. The first-order valence-corrected chi connectivity index (χ1v) is 5.16. The lowest BCUT2D eigenvalue weighted by atomic mass is 10.1. The molecule has 0 aliphatic heterocycles. The SMILES string of the molecule is CCOC(=O)/C=C/c1cc(C)cc(OC)c1. The van der Waals surface area contributed by atoms with Crippen molar-refractivity contribution in [3.8, 4) is 5.75 Å². The molecule has 0 heterocycles. The highest BCUT2D eigenvalue weighted by Gasteiger charge is 1.97. The van der Waals surface area contributed by atoms with E-state index in [1.54, 1.807) is 20.1 Å². The van der Waals surface area contributed by atoms with Gasteiger partial charge in [0.2, 0.25) is 0 Å². The molecule has 0 amide bonds. The van der Waals surface area contributed by atoms with Gasteiger partial charge in [-0.25, -0.2) is 4.79 Å². The number of aryl methyl sites for hydroxylation is 1. The highest BCUT2D eigenvalue weighted by molar-refractivity contribution is 5.87. The van der Waals surface area contributed by atoms with Crippen LogP contribution in [0.25, 0.3) is 6.08 Å². The molecule has 1 aromatic carbocycles. The Morgan fingerprint density at radius 3 is 2.75 bits per heavy atom. The maximum Gasteiger partial charge on any atom is 0.330 e. The lowest BCUT2D eigenvalue weighted by Crippen LogP contribution is -1.98. The van der Waals surface area contributed by atoms with Gasteiger partial charge in [-0.05, 0) is 43.2 Å². The largest absolute Gasteiger partial charge is 0.497 e. The summed E-state index contributed by atoms with van der Waals surface area (Å²) in [6, 6.07) is 5.77. The number of methoxy groups -OCH3 is 1. The molecule has 1 aromatic rings. The number of ether oxygens (including phenoxy) is 2. The molecule has 16 heavy (non-hydrogen) atoms. The fourth-order valence-electron chi connectivity index (χ4n) is 1.35. The number of benzene rings is 1. The van der Waals surface area contributed by atoms with Crippen LogP contribution in [0.5, 0.6) is 5.75 Å². The van der Waals surface area contributed by atoms with E-state index in [1.807, 2.05) is 25.1 Å². The first kappa shape index (κ1) is 12.3. The van der Waals surface area contributed by atoms with E-state index >= 15 is 0 Å². The summed E-state index contributed by atoms with van der Waals surface area (Å²) < 4.78 is 9.93. The highest BCUT2D eigenvalue weighted by Crippen LogP contribution is 2.17. The van der Waals surface area contributed by atoms with Crippen molar-refractivity contribution in [3.63, 3.8) is 0 Å². The van der Waals surface area contributed by atoms with Gasteiger partial charge in [-0.2, -0.15) is 0 Å². The normalized spacial score (nSPS) is 10.4. The fraction of sp³-hybridized carbons (Fsp3) is 0.308. The van der Waals surface area contributed by atoms with Crippen molar-refractivity contribution in [2.24, 2.45) is 0 Å². The lowest BCUT2D eigenvalue weighted by molar-refractivity contribution is -0.137. The van der Waals surface area contributed by atoms with E-state index in [-0.39, 0.29) is 5.97 Å². The topological polar surface area (TPSA) is 35.5 Å². The third-order valence-corrected chi connectivity index (χ3v) is 2.01. The Hall–Kier alpha value is -1.77. The van der Waals surface area contributed by atoms with E-state index in [0.717, 1.165) is 16.9 Å². The fourth-order valence-corrected chi connectivity index (χ4v) is 1.35. The molecule has 0 N–H and O–H groups in total. The van der Waals surface area contributed by atoms with Crippen LogP contribution in [-0.2, 0) is 9.53 Å². The van der Waals surface area contributed by atoms with Crippen molar-refractivity contribution in [1.29, 1.82) is 0 Å². The maximum atomic E-state index is 11.1. The van der Waals surface area contributed by atoms with Crippen molar-refractivity contribution < 1.29 is 14.3 Å². The van der Waals surface area contributed by atoms with Gasteiger partial charge in [0.1, 0.15) is 5.75 Å². The number of carbonyl (C=O) groups excluding carboxylic acids is 1. The molecule has 0 unspecified atom stereocenters. The summed E-state index contributed by atoms with van der Waals surface area (Å²) in [5.41, 5.74) is 2.01. The minimum absolute atomic E-state index is 0.331. The number of hydrogen-bond donors (Lipinski definition) is 0. The van der Waals surface area contributed by atoms with Gasteiger partial charge >= 0.3 is 5.97 Å². The molecule has 3 heteroatoms. The lowest BCUT2D eigenvalue weighted by Gasteiger charge is -2.03. The predicted molar refractivity (Wildman–Crippen MR) is 63.4 cm³/mol. The van der Waals surface area contributed by atoms with Gasteiger partial charge in [0.25, 0.3) is 0 Å². The molecular formula is C13H16O3. The second-order valence-corrected chi connectivity index (χ2v) is 3.37.